The first kappa shape index (κ1) is 22.0. The summed E-state index contributed by atoms with van der Waals surface area (Å²) in [7, 11) is 0. The van der Waals surface area contributed by atoms with E-state index in [1.807, 2.05) is 44.3 Å². The predicted octanol–water partition coefficient (Wildman–Crippen LogP) is 5.30. The van der Waals surface area contributed by atoms with Crippen LogP contribution in [0.3, 0.4) is 0 Å². The van der Waals surface area contributed by atoms with Crippen LogP contribution in [0.4, 0.5) is 0 Å². The lowest BCUT2D eigenvalue weighted by Gasteiger charge is -2.24. The number of nitrogens with one attached hydrogen (secondary N) is 1. The molecule has 2 aliphatic heterocycles. The number of thiophene rings is 1. The summed E-state index contributed by atoms with van der Waals surface area (Å²) in [6, 6.07) is 8.05. The first-order valence-corrected chi connectivity index (χ1v) is 12.9. The highest BCUT2D eigenvalue weighted by Crippen LogP contribution is 2.63. The lowest BCUT2D eigenvalue weighted by molar-refractivity contribution is -0.143. The molecule has 3 aromatic rings. The van der Waals surface area contributed by atoms with Gasteiger partial charge in [0.15, 0.2) is 0 Å². The fourth-order valence-electron chi connectivity index (χ4n) is 5.47. The van der Waals surface area contributed by atoms with Gasteiger partial charge >= 0.3 is 0 Å². The van der Waals surface area contributed by atoms with E-state index in [0.29, 0.717) is 17.5 Å². The molecule has 1 aromatic carbocycles. The van der Waals surface area contributed by atoms with Crippen molar-refractivity contribution < 1.29 is 9.59 Å². The Morgan fingerprint density at radius 2 is 1.91 bits per heavy atom. The van der Waals surface area contributed by atoms with E-state index in [-0.39, 0.29) is 29.1 Å². The third-order valence-corrected chi connectivity index (χ3v) is 9.02. The first-order chi connectivity index (χ1) is 16.3. The average molecular weight is 492 g/mol. The van der Waals surface area contributed by atoms with Crippen LogP contribution in [0.25, 0.3) is 27.4 Å². The molecule has 1 N–H and O–H groups in total. The summed E-state index contributed by atoms with van der Waals surface area (Å²) in [6.07, 6.45) is 6.30. The Bertz CT molecular complexity index is 1360. The summed E-state index contributed by atoms with van der Waals surface area (Å²) in [5.74, 6) is 0.180. The molecule has 6 rings (SSSR count). The van der Waals surface area contributed by atoms with E-state index in [1.165, 1.54) is 4.90 Å². The number of pyridine rings is 1. The maximum Gasteiger partial charge on any atom is 0.234 e. The topological polar surface area (TPSA) is 62.3 Å². The Balaban J connectivity index is 1.37. The molecule has 1 saturated carbocycles. The molecule has 2 aromatic heterocycles. The second-order valence-electron chi connectivity index (χ2n) is 10.3. The monoisotopic (exact) mass is 491 g/mol. The molecule has 3 fully saturated rings. The minimum absolute atomic E-state index is 0.0333. The molecule has 0 bridgehead atoms. The van der Waals surface area contributed by atoms with Crippen molar-refractivity contribution in [1.29, 1.82) is 0 Å². The normalized spacial score (nSPS) is 23.7. The number of halogens is 1. The number of aromatic nitrogens is 1. The Labute approximate surface area is 207 Å². The zero-order valence-electron chi connectivity index (χ0n) is 19.4. The van der Waals surface area contributed by atoms with E-state index in [1.54, 1.807) is 11.3 Å². The third-order valence-electron chi connectivity index (χ3n) is 7.66. The molecule has 2 atom stereocenters. The number of rotatable bonds is 5. The number of aryl methyl sites for hydroxylation is 1. The summed E-state index contributed by atoms with van der Waals surface area (Å²) in [5, 5.41) is 4.01. The van der Waals surface area contributed by atoms with E-state index >= 15 is 0 Å². The van der Waals surface area contributed by atoms with Gasteiger partial charge in [0.2, 0.25) is 11.8 Å². The smallest absolute Gasteiger partial charge is 0.234 e. The summed E-state index contributed by atoms with van der Waals surface area (Å²) < 4.78 is 1.05. The third kappa shape index (κ3) is 3.35. The van der Waals surface area contributed by atoms with Crippen molar-refractivity contribution >= 4 is 51.0 Å². The highest BCUT2D eigenvalue weighted by atomic mass is 35.5. The molecule has 2 unspecified atom stereocenters. The maximum absolute atomic E-state index is 12.8. The van der Waals surface area contributed by atoms with E-state index in [4.69, 9.17) is 11.6 Å². The van der Waals surface area contributed by atoms with Crippen molar-refractivity contribution in [1.82, 2.24) is 15.2 Å². The maximum atomic E-state index is 12.8. The largest absolute Gasteiger partial charge is 0.315 e. The van der Waals surface area contributed by atoms with Crippen LogP contribution < -0.4 is 5.32 Å². The van der Waals surface area contributed by atoms with Gasteiger partial charge in [0.05, 0.1) is 28.6 Å². The quantitative estimate of drug-likeness (QED) is 0.492. The van der Waals surface area contributed by atoms with Crippen LogP contribution in [0.5, 0.6) is 0 Å². The van der Waals surface area contributed by atoms with Crippen LogP contribution in [-0.4, -0.2) is 34.8 Å². The Kier molecular flexibility index (Phi) is 5.00. The minimum atomic E-state index is -0.191. The number of amides is 2. The lowest BCUT2D eigenvalue weighted by Crippen LogP contribution is -2.40. The van der Waals surface area contributed by atoms with Gasteiger partial charge in [0.1, 0.15) is 0 Å². The molecule has 5 nitrogen and oxygen atoms in total. The van der Waals surface area contributed by atoms with Gasteiger partial charge in [-0.3, -0.25) is 19.5 Å². The number of likely N-dealkylation sites (tertiary alicyclic amines) is 1. The minimum Gasteiger partial charge on any atom is -0.315 e. The molecule has 0 radical (unpaired) electrons. The highest BCUT2D eigenvalue weighted by molar-refractivity contribution is 7.19. The number of nitrogens with zero attached hydrogens (tertiary/aromatic N) is 2. The van der Waals surface area contributed by atoms with Crippen molar-refractivity contribution in [3.63, 3.8) is 0 Å². The van der Waals surface area contributed by atoms with Gasteiger partial charge in [-0.05, 0) is 53.3 Å². The molecular formula is C27H26ClN3O2S. The number of carbonyl (C=O) groups excluding carboxylic acids is 2. The van der Waals surface area contributed by atoms with E-state index in [0.717, 1.165) is 50.4 Å². The molecule has 1 aliphatic carbocycles. The van der Waals surface area contributed by atoms with Gasteiger partial charge in [-0.1, -0.05) is 37.6 Å². The standard InChI is InChI=1S/C27H26ClN3O2S/c1-14-8-16(28)9-20(18(14)5-4-15-11-29-12-15)19-6-7-30-21-10-17(34-24(19)21)13-31-25(32)22-23(26(31)33)27(22,2)3/h4-10,15,22-23,29H,11-13H2,1-3H3/b5-4+. The number of benzene rings is 1. The fourth-order valence-corrected chi connectivity index (χ4v) is 6.87. The van der Waals surface area contributed by atoms with Crippen molar-refractivity contribution in [2.24, 2.45) is 23.2 Å². The molecule has 2 amide bonds. The molecule has 2 saturated heterocycles. The van der Waals surface area contributed by atoms with Gasteiger partial charge in [-0.15, -0.1) is 11.3 Å². The summed E-state index contributed by atoms with van der Waals surface area (Å²) in [5.41, 5.74) is 5.11. The number of piperidine rings is 1. The van der Waals surface area contributed by atoms with Crippen LogP contribution in [0.15, 0.2) is 36.5 Å². The van der Waals surface area contributed by atoms with Gasteiger partial charge in [0, 0.05) is 40.7 Å². The second kappa shape index (κ2) is 7.74. The number of hydrogen-bond acceptors (Lipinski definition) is 5. The summed E-state index contributed by atoms with van der Waals surface area (Å²) >= 11 is 8.09. The average Bonchev–Trinajstić information content (AvgIpc) is 3.01. The van der Waals surface area contributed by atoms with Crippen molar-refractivity contribution in [2.75, 3.05) is 13.1 Å². The van der Waals surface area contributed by atoms with E-state index < -0.39 is 0 Å². The number of fused-ring (bicyclic) bond motifs is 2. The molecule has 174 valence electrons. The molecular weight excluding hydrogens is 466 g/mol. The Morgan fingerprint density at radius 3 is 2.59 bits per heavy atom. The number of hydrogen-bond donors (Lipinski definition) is 1. The molecule has 7 heteroatoms. The SMILES string of the molecule is Cc1cc(Cl)cc(-c2ccnc3cc(CN4C(=O)C5C(C4=O)C5(C)C)sc23)c1/C=C/C1CNC1. The van der Waals surface area contributed by atoms with Gasteiger partial charge in [0.25, 0.3) is 0 Å². The Hall–Kier alpha value is -2.54. The van der Waals surface area contributed by atoms with Crippen LogP contribution in [-0.2, 0) is 16.1 Å². The molecule has 4 heterocycles. The van der Waals surface area contributed by atoms with E-state index in [9.17, 15) is 9.59 Å². The van der Waals surface area contributed by atoms with Crippen molar-refractivity contribution in [3.8, 4) is 11.1 Å². The lowest BCUT2D eigenvalue weighted by atomic mass is 9.94. The fraction of sp³-hybridized carbons (Fsp3) is 0.370. The van der Waals surface area contributed by atoms with Gasteiger partial charge in [-0.25, -0.2) is 0 Å². The summed E-state index contributed by atoms with van der Waals surface area (Å²) in [6.45, 7) is 8.44. The van der Waals surface area contributed by atoms with E-state index in [2.05, 4.69) is 29.4 Å². The zero-order chi connectivity index (χ0) is 23.8. The van der Waals surface area contributed by atoms with Gasteiger partial charge < -0.3 is 5.32 Å². The first-order valence-electron chi connectivity index (χ1n) is 11.7. The zero-order valence-corrected chi connectivity index (χ0v) is 21.0. The van der Waals surface area contributed by atoms with Gasteiger partial charge in [-0.2, -0.15) is 0 Å². The van der Waals surface area contributed by atoms with Crippen LogP contribution in [0.2, 0.25) is 5.02 Å². The van der Waals surface area contributed by atoms with Crippen LogP contribution in [0.1, 0.15) is 29.9 Å². The molecule has 0 spiro atoms. The van der Waals surface area contributed by atoms with Crippen LogP contribution in [0, 0.1) is 30.1 Å². The second-order valence-corrected chi connectivity index (χ2v) is 11.9. The van der Waals surface area contributed by atoms with Crippen LogP contribution >= 0.6 is 22.9 Å². The predicted molar refractivity (Wildman–Crippen MR) is 137 cm³/mol. The number of carbonyl (C=O) groups is 2. The highest BCUT2D eigenvalue weighted by Gasteiger charge is 2.72. The summed E-state index contributed by atoms with van der Waals surface area (Å²) in [4.78, 5) is 32.6. The van der Waals surface area contributed by atoms with Crippen molar-refractivity contribution in [3.05, 3.63) is 57.6 Å². The Morgan fingerprint density at radius 1 is 1.18 bits per heavy atom. The molecule has 34 heavy (non-hydrogen) atoms. The van der Waals surface area contributed by atoms with Crippen molar-refractivity contribution in [2.45, 2.75) is 27.3 Å². The number of imide groups is 1. The molecule has 3 aliphatic rings.